The minimum absolute atomic E-state index is 0.000161. The number of carbonyl (C=O) groups is 1. The number of alkyl halides is 2. The summed E-state index contributed by atoms with van der Waals surface area (Å²) in [5, 5.41) is 7.90. The monoisotopic (exact) mass is 577 g/mol. The van der Waals surface area contributed by atoms with Crippen molar-refractivity contribution in [2.24, 2.45) is 0 Å². The first kappa shape index (κ1) is 27.6. The van der Waals surface area contributed by atoms with Gasteiger partial charge in [-0.25, -0.2) is 32.5 Å². The fourth-order valence-electron chi connectivity index (χ4n) is 5.84. The molecule has 216 valence electrons. The Hall–Kier alpha value is -4.61. The molecule has 0 bridgehead atoms. The van der Waals surface area contributed by atoms with Gasteiger partial charge in [0.2, 0.25) is 5.91 Å². The minimum Gasteiger partial charge on any atom is -0.346 e. The van der Waals surface area contributed by atoms with Gasteiger partial charge in [0.1, 0.15) is 35.8 Å². The van der Waals surface area contributed by atoms with Crippen LogP contribution in [0.25, 0.3) is 22.2 Å². The lowest BCUT2D eigenvalue weighted by molar-refractivity contribution is -0.122. The van der Waals surface area contributed by atoms with Crippen molar-refractivity contribution in [2.75, 3.05) is 0 Å². The third-order valence-electron chi connectivity index (χ3n) is 7.64. The van der Waals surface area contributed by atoms with Crippen LogP contribution in [0.4, 0.5) is 17.6 Å². The second-order valence-corrected chi connectivity index (χ2v) is 10.6. The van der Waals surface area contributed by atoms with Crippen molar-refractivity contribution in [3.8, 4) is 11.1 Å². The zero-order valence-corrected chi connectivity index (χ0v) is 22.6. The van der Waals surface area contributed by atoms with Crippen LogP contribution in [0.15, 0.2) is 55.2 Å². The van der Waals surface area contributed by atoms with E-state index in [9.17, 15) is 22.4 Å². The molecule has 4 heterocycles. The van der Waals surface area contributed by atoms with Gasteiger partial charge in [0.05, 0.1) is 11.7 Å². The molecule has 6 rings (SSSR count). The summed E-state index contributed by atoms with van der Waals surface area (Å²) in [5.41, 5.74) is 3.51. The molecule has 5 aromatic rings. The van der Waals surface area contributed by atoms with Crippen molar-refractivity contribution in [3.05, 3.63) is 95.1 Å². The molecule has 0 fully saturated rings. The van der Waals surface area contributed by atoms with Crippen molar-refractivity contribution in [1.29, 1.82) is 0 Å². The third-order valence-corrected chi connectivity index (χ3v) is 7.64. The van der Waals surface area contributed by atoms with Gasteiger partial charge in [0.25, 0.3) is 6.43 Å². The van der Waals surface area contributed by atoms with Crippen LogP contribution in [0.1, 0.15) is 66.4 Å². The number of fused-ring (bicyclic) bond motifs is 2. The Labute approximate surface area is 238 Å². The average molecular weight is 578 g/mol. The summed E-state index contributed by atoms with van der Waals surface area (Å²) in [6.45, 7) is 1.64. The van der Waals surface area contributed by atoms with Gasteiger partial charge < -0.3 is 10.3 Å². The Morgan fingerprint density at radius 2 is 1.93 bits per heavy atom. The maximum atomic E-state index is 14.1. The summed E-state index contributed by atoms with van der Waals surface area (Å²) in [7, 11) is 0. The number of amides is 1. The number of carbonyl (C=O) groups excluding carboxylic acids is 1. The van der Waals surface area contributed by atoms with Crippen molar-refractivity contribution in [1.82, 2.24) is 35.0 Å². The molecule has 0 unspecified atom stereocenters. The van der Waals surface area contributed by atoms with E-state index in [1.807, 2.05) is 19.1 Å². The van der Waals surface area contributed by atoms with E-state index in [-0.39, 0.29) is 24.6 Å². The fraction of sp³-hybridized carbons (Fsp3) is 0.300. The first-order valence-corrected chi connectivity index (χ1v) is 13.6. The van der Waals surface area contributed by atoms with Gasteiger partial charge >= 0.3 is 0 Å². The molecule has 1 aliphatic rings. The lowest BCUT2D eigenvalue weighted by Crippen LogP contribution is -2.34. The number of H-pyrrole nitrogens is 1. The number of nitrogens with zero attached hydrogens (tertiary/aromatic N) is 5. The molecule has 0 saturated carbocycles. The largest absolute Gasteiger partial charge is 0.346 e. The maximum Gasteiger partial charge on any atom is 0.282 e. The van der Waals surface area contributed by atoms with Gasteiger partial charge in [-0.1, -0.05) is 6.92 Å². The second kappa shape index (κ2) is 11.3. The molecular weight excluding hydrogens is 550 g/mol. The Morgan fingerprint density at radius 3 is 2.71 bits per heavy atom. The van der Waals surface area contributed by atoms with E-state index >= 15 is 0 Å². The smallest absolute Gasteiger partial charge is 0.282 e. The van der Waals surface area contributed by atoms with Crippen LogP contribution in [0.2, 0.25) is 0 Å². The van der Waals surface area contributed by atoms with E-state index in [1.54, 1.807) is 18.6 Å². The van der Waals surface area contributed by atoms with Crippen LogP contribution >= 0.6 is 0 Å². The highest BCUT2D eigenvalue weighted by molar-refractivity contribution is 5.82. The van der Waals surface area contributed by atoms with Crippen molar-refractivity contribution in [3.63, 3.8) is 0 Å². The molecule has 4 aromatic heterocycles. The molecule has 0 radical (unpaired) electrons. The number of nitrogens with one attached hydrogen (secondary N) is 2. The summed E-state index contributed by atoms with van der Waals surface area (Å²) in [6.07, 6.45) is 5.64. The van der Waals surface area contributed by atoms with Crippen LogP contribution < -0.4 is 5.32 Å². The van der Waals surface area contributed by atoms with E-state index in [2.05, 4.69) is 30.4 Å². The number of aromatic nitrogens is 6. The Morgan fingerprint density at radius 1 is 1.12 bits per heavy atom. The maximum absolute atomic E-state index is 14.1. The van der Waals surface area contributed by atoms with Crippen molar-refractivity contribution in [2.45, 2.75) is 57.5 Å². The molecule has 1 aliphatic carbocycles. The summed E-state index contributed by atoms with van der Waals surface area (Å²) in [5.74, 6) is -2.05. The molecule has 1 aromatic carbocycles. The predicted molar refractivity (Wildman–Crippen MR) is 147 cm³/mol. The number of benzene rings is 1. The minimum atomic E-state index is -2.75. The first-order chi connectivity index (χ1) is 20.3. The molecule has 1 amide bonds. The van der Waals surface area contributed by atoms with Gasteiger partial charge in [0, 0.05) is 52.4 Å². The first-order valence-electron chi connectivity index (χ1n) is 13.6. The molecule has 0 aliphatic heterocycles. The van der Waals surface area contributed by atoms with Gasteiger partial charge in [-0.15, -0.1) is 0 Å². The highest BCUT2D eigenvalue weighted by Crippen LogP contribution is 2.37. The number of pyridine rings is 1. The molecule has 0 spiro atoms. The molecule has 0 saturated heterocycles. The van der Waals surface area contributed by atoms with Gasteiger partial charge in [0.15, 0.2) is 0 Å². The SMILES string of the molecule is C[C@@H]1CCCc2c(C(F)F)nn(CC(=O)N[C@H](Cc3cc(F)cc(F)c3)c3ncncc3-c3cnc4[nH]ccc4c3)c21. The van der Waals surface area contributed by atoms with Crippen LogP contribution in [0, 0.1) is 11.6 Å². The summed E-state index contributed by atoms with van der Waals surface area (Å²) >= 11 is 0. The molecule has 2 atom stereocenters. The highest BCUT2D eigenvalue weighted by atomic mass is 19.3. The Balaban J connectivity index is 1.36. The van der Waals surface area contributed by atoms with Crippen LogP contribution in [0.3, 0.4) is 0 Å². The number of rotatable bonds is 8. The van der Waals surface area contributed by atoms with E-state index < -0.39 is 30.0 Å². The van der Waals surface area contributed by atoms with Crippen molar-refractivity contribution < 1.29 is 22.4 Å². The Bertz CT molecular complexity index is 1750. The summed E-state index contributed by atoms with van der Waals surface area (Å²) in [6, 6.07) is 6.06. The lowest BCUT2D eigenvalue weighted by Gasteiger charge is -2.23. The van der Waals surface area contributed by atoms with Gasteiger partial charge in [-0.2, -0.15) is 5.10 Å². The molecule has 2 N–H and O–H groups in total. The average Bonchev–Trinajstić information content (AvgIpc) is 3.57. The molecule has 42 heavy (non-hydrogen) atoms. The standard InChI is InChI=1S/C30H27F4N7O/c1-16-3-2-4-22-27(29(33)34)40-41(28(16)22)14-25(42)39-24(9-17-7-20(31)11-21(32)8-17)26-23(13-35-15-38-26)19-10-18-5-6-36-30(18)37-12-19/h5-8,10-13,15-16,24,29H,2-4,9,14H2,1H3,(H,36,37)(H,39,42)/t16-,24-/m1/s1. The van der Waals surface area contributed by atoms with E-state index in [4.69, 9.17) is 0 Å². The zero-order chi connectivity index (χ0) is 29.4. The van der Waals surface area contributed by atoms with Crippen LogP contribution in [-0.4, -0.2) is 35.6 Å². The van der Waals surface area contributed by atoms with Crippen molar-refractivity contribution >= 4 is 16.9 Å². The summed E-state index contributed by atoms with van der Waals surface area (Å²) in [4.78, 5) is 29.6. The van der Waals surface area contributed by atoms with E-state index in [0.717, 1.165) is 24.3 Å². The predicted octanol–water partition coefficient (Wildman–Crippen LogP) is 5.97. The van der Waals surface area contributed by atoms with E-state index in [1.165, 1.54) is 23.1 Å². The Kier molecular flexibility index (Phi) is 7.44. The quantitative estimate of drug-likeness (QED) is 0.221. The number of halogens is 4. The normalized spacial score (nSPS) is 15.6. The van der Waals surface area contributed by atoms with Gasteiger partial charge in [-0.3, -0.25) is 9.48 Å². The zero-order valence-electron chi connectivity index (χ0n) is 22.6. The molecule has 8 nitrogen and oxygen atoms in total. The highest BCUT2D eigenvalue weighted by Gasteiger charge is 2.31. The number of hydrogen-bond donors (Lipinski definition) is 2. The van der Waals surface area contributed by atoms with Crippen LogP contribution in [0.5, 0.6) is 0 Å². The van der Waals surface area contributed by atoms with E-state index in [0.29, 0.717) is 45.7 Å². The molecule has 12 heteroatoms. The topological polar surface area (TPSA) is 101 Å². The van der Waals surface area contributed by atoms with Gasteiger partial charge in [-0.05, 0) is 61.4 Å². The second-order valence-electron chi connectivity index (χ2n) is 10.6. The number of aromatic amines is 1. The van der Waals surface area contributed by atoms with Crippen LogP contribution in [-0.2, 0) is 24.2 Å². The molecular formula is C30H27F4N7O. The lowest BCUT2D eigenvalue weighted by atomic mass is 9.88. The fourth-order valence-corrected chi connectivity index (χ4v) is 5.84. The third kappa shape index (κ3) is 5.48. The summed E-state index contributed by atoms with van der Waals surface area (Å²) < 4.78 is 57.2. The number of hydrogen-bond acceptors (Lipinski definition) is 5.